The van der Waals surface area contributed by atoms with Crippen LogP contribution in [0.2, 0.25) is 0 Å². The summed E-state index contributed by atoms with van der Waals surface area (Å²) in [6.07, 6.45) is 5.72. The highest BCUT2D eigenvalue weighted by atomic mass is 19.1. The Hall–Kier alpha value is -2.24. The topological polar surface area (TPSA) is 59.2 Å². The molecule has 2 unspecified atom stereocenters. The van der Waals surface area contributed by atoms with Gasteiger partial charge >= 0.3 is 0 Å². The molecule has 1 aliphatic heterocycles. The van der Waals surface area contributed by atoms with Crippen molar-refractivity contribution in [1.82, 2.24) is 15.0 Å². The highest BCUT2D eigenvalue weighted by molar-refractivity contribution is 5.79. The standard InChI is InChI=1S/C20H26FN3O2/c1-3-5-7-14(4-2)20(25)24-13-6-8-17(24)19-22-18(23-26-19)15-9-11-16(21)12-10-15/h9-12,14,17H,3-8,13H2,1-2H3. The van der Waals surface area contributed by atoms with Crippen molar-refractivity contribution < 1.29 is 13.7 Å². The second kappa shape index (κ2) is 8.43. The van der Waals surface area contributed by atoms with Gasteiger partial charge in [0, 0.05) is 18.0 Å². The lowest BCUT2D eigenvalue weighted by molar-refractivity contribution is -0.137. The summed E-state index contributed by atoms with van der Waals surface area (Å²) >= 11 is 0. The molecule has 0 saturated carbocycles. The Morgan fingerprint density at radius 3 is 2.81 bits per heavy atom. The fourth-order valence-corrected chi connectivity index (χ4v) is 3.56. The molecular weight excluding hydrogens is 333 g/mol. The van der Waals surface area contributed by atoms with Gasteiger partial charge in [-0.3, -0.25) is 4.79 Å². The molecule has 2 atom stereocenters. The fourth-order valence-electron chi connectivity index (χ4n) is 3.56. The van der Waals surface area contributed by atoms with Crippen molar-refractivity contribution in [3.63, 3.8) is 0 Å². The van der Waals surface area contributed by atoms with Crippen molar-refractivity contribution >= 4 is 5.91 Å². The van der Waals surface area contributed by atoms with Crippen LogP contribution in [0, 0.1) is 11.7 Å². The van der Waals surface area contributed by atoms with Gasteiger partial charge in [0.2, 0.25) is 17.6 Å². The van der Waals surface area contributed by atoms with Gasteiger partial charge in [0.05, 0.1) is 0 Å². The van der Waals surface area contributed by atoms with E-state index in [2.05, 4.69) is 24.0 Å². The minimum absolute atomic E-state index is 0.0649. The van der Waals surface area contributed by atoms with Gasteiger partial charge in [-0.05, 0) is 49.9 Å². The van der Waals surface area contributed by atoms with Crippen LogP contribution in [-0.4, -0.2) is 27.5 Å². The molecule has 0 bridgehead atoms. The van der Waals surface area contributed by atoms with Crippen LogP contribution in [-0.2, 0) is 4.79 Å². The normalized spacial score (nSPS) is 18.3. The lowest BCUT2D eigenvalue weighted by Crippen LogP contribution is -2.35. The van der Waals surface area contributed by atoms with Crippen LogP contribution in [0.4, 0.5) is 4.39 Å². The molecule has 1 amide bonds. The van der Waals surface area contributed by atoms with E-state index < -0.39 is 0 Å². The fraction of sp³-hybridized carbons (Fsp3) is 0.550. The maximum atomic E-state index is 13.1. The molecule has 2 heterocycles. The third-order valence-electron chi connectivity index (χ3n) is 5.11. The molecule has 0 N–H and O–H groups in total. The summed E-state index contributed by atoms with van der Waals surface area (Å²) in [4.78, 5) is 19.4. The van der Waals surface area contributed by atoms with E-state index in [0.717, 1.165) is 45.1 Å². The van der Waals surface area contributed by atoms with Crippen molar-refractivity contribution in [1.29, 1.82) is 0 Å². The van der Waals surface area contributed by atoms with Gasteiger partial charge in [0.25, 0.3) is 0 Å². The van der Waals surface area contributed by atoms with Crippen molar-refractivity contribution in [3.05, 3.63) is 36.0 Å². The lowest BCUT2D eigenvalue weighted by atomic mass is 9.97. The van der Waals surface area contributed by atoms with E-state index in [1.807, 2.05) is 4.90 Å². The van der Waals surface area contributed by atoms with Gasteiger partial charge in [0.15, 0.2) is 0 Å². The highest BCUT2D eigenvalue weighted by Gasteiger charge is 2.36. The zero-order chi connectivity index (χ0) is 18.5. The first-order valence-electron chi connectivity index (χ1n) is 9.54. The Kier molecular flexibility index (Phi) is 6.01. The Balaban J connectivity index is 1.76. The second-order valence-corrected chi connectivity index (χ2v) is 6.90. The lowest BCUT2D eigenvalue weighted by Gasteiger charge is -2.26. The summed E-state index contributed by atoms with van der Waals surface area (Å²) in [5.41, 5.74) is 0.701. The Morgan fingerprint density at radius 1 is 1.35 bits per heavy atom. The number of hydrogen-bond acceptors (Lipinski definition) is 4. The van der Waals surface area contributed by atoms with Gasteiger partial charge in [0.1, 0.15) is 11.9 Å². The van der Waals surface area contributed by atoms with Crippen LogP contribution >= 0.6 is 0 Å². The summed E-state index contributed by atoms with van der Waals surface area (Å²) in [6, 6.07) is 5.84. The van der Waals surface area contributed by atoms with E-state index in [4.69, 9.17) is 4.52 Å². The third-order valence-corrected chi connectivity index (χ3v) is 5.11. The van der Waals surface area contributed by atoms with Crippen molar-refractivity contribution in [2.75, 3.05) is 6.54 Å². The predicted molar refractivity (Wildman–Crippen MR) is 96.7 cm³/mol. The molecule has 1 aromatic carbocycles. The average molecular weight is 359 g/mol. The maximum Gasteiger partial charge on any atom is 0.249 e. The number of nitrogens with zero attached hydrogens (tertiary/aromatic N) is 3. The van der Waals surface area contributed by atoms with Crippen LogP contribution in [0.5, 0.6) is 0 Å². The van der Waals surface area contributed by atoms with Crippen molar-refractivity contribution in [2.45, 2.75) is 58.4 Å². The summed E-state index contributed by atoms with van der Waals surface area (Å²) in [7, 11) is 0. The molecule has 0 aliphatic carbocycles. The zero-order valence-corrected chi connectivity index (χ0v) is 15.4. The van der Waals surface area contributed by atoms with Gasteiger partial charge in [-0.15, -0.1) is 0 Å². The number of benzene rings is 1. The number of amides is 1. The molecule has 1 saturated heterocycles. The Bertz CT molecular complexity index is 729. The number of carbonyl (C=O) groups excluding carboxylic acids is 1. The molecule has 6 heteroatoms. The highest BCUT2D eigenvalue weighted by Crippen LogP contribution is 2.34. The largest absolute Gasteiger partial charge is 0.337 e. The van der Waals surface area contributed by atoms with Gasteiger partial charge in [-0.2, -0.15) is 4.98 Å². The van der Waals surface area contributed by atoms with Crippen LogP contribution in [0.3, 0.4) is 0 Å². The van der Waals surface area contributed by atoms with Crippen molar-refractivity contribution in [3.8, 4) is 11.4 Å². The monoisotopic (exact) mass is 359 g/mol. The molecule has 0 radical (unpaired) electrons. The number of likely N-dealkylation sites (tertiary alicyclic amines) is 1. The van der Waals surface area contributed by atoms with E-state index >= 15 is 0 Å². The second-order valence-electron chi connectivity index (χ2n) is 6.90. The first-order valence-corrected chi connectivity index (χ1v) is 9.54. The first-order chi connectivity index (χ1) is 12.6. The van der Waals surface area contributed by atoms with E-state index in [0.29, 0.717) is 17.3 Å². The Labute approximate surface area is 153 Å². The number of rotatable bonds is 7. The molecule has 1 aliphatic rings. The zero-order valence-electron chi connectivity index (χ0n) is 15.4. The predicted octanol–water partition coefficient (Wildman–Crippen LogP) is 4.76. The van der Waals surface area contributed by atoms with Gasteiger partial charge in [-0.1, -0.05) is 31.8 Å². The third kappa shape index (κ3) is 3.94. The number of halogens is 1. The summed E-state index contributed by atoms with van der Waals surface area (Å²) in [6.45, 7) is 4.95. The number of carbonyl (C=O) groups is 1. The molecule has 26 heavy (non-hydrogen) atoms. The molecule has 3 rings (SSSR count). The summed E-state index contributed by atoms with van der Waals surface area (Å²) < 4.78 is 18.5. The summed E-state index contributed by atoms with van der Waals surface area (Å²) in [5, 5.41) is 4.02. The van der Waals surface area contributed by atoms with E-state index in [9.17, 15) is 9.18 Å². The van der Waals surface area contributed by atoms with E-state index in [1.54, 1.807) is 12.1 Å². The number of unbranched alkanes of at least 4 members (excludes halogenated alkanes) is 1. The van der Waals surface area contributed by atoms with Crippen molar-refractivity contribution in [2.24, 2.45) is 5.92 Å². The molecule has 1 aromatic heterocycles. The van der Waals surface area contributed by atoms with Crippen LogP contribution in [0.15, 0.2) is 28.8 Å². The molecule has 5 nitrogen and oxygen atoms in total. The molecule has 140 valence electrons. The minimum atomic E-state index is -0.303. The SMILES string of the molecule is CCCCC(CC)C(=O)N1CCCC1c1nc(-c2ccc(F)cc2)no1. The number of hydrogen-bond donors (Lipinski definition) is 0. The number of aromatic nitrogens is 2. The summed E-state index contributed by atoms with van der Waals surface area (Å²) in [5.74, 6) is 0.862. The van der Waals surface area contributed by atoms with Crippen LogP contribution in [0.1, 0.15) is 64.3 Å². The smallest absolute Gasteiger partial charge is 0.249 e. The van der Waals surface area contributed by atoms with E-state index in [1.165, 1.54) is 12.1 Å². The minimum Gasteiger partial charge on any atom is -0.337 e. The van der Waals surface area contributed by atoms with Gasteiger partial charge in [-0.25, -0.2) is 4.39 Å². The Morgan fingerprint density at radius 2 is 2.12 bits per heavy atom. The van der Waals surface area contributed by atoms with Crippen LogP contribution < -0.4 is 0 Å². The quantitative estimate of drug-likeness (QED) is 0.715. The average Bonchev–Trinajstić information content (AvgIpc) is 3.32. The molecule has 2 aromatic rings. The molecular formula is C20H26FN3O2. The first kappa shape index (κ1) is 18.5. The molecule has 1 fully saturated rings. The van der Waals surface area contributed by atoms with E-state index in [-0.39, 0.29) is 23.7 Å². The molecule has 0 spiro atoms. The maximum absolute atomic E-state index is 13.1. The van der Waals surface area contributed by atoms with Crippen LogP contribution in [0.25, 0.3) is 11.4 Å². The van der Waals surface area contributed by atoms with Gasteiger partial charge < -0.3 is 9.42 Å².